The van der Waals surface area contributed by atoms with E-state index in [0.29, 0.717) is 21.1 Å². The first-order chi connectivity index (χ1) is 13.7. The maximum Gasteiger partial charge on any atom is 0.233 e. The molecule has 6 nitrogen and oxygen atoms in total. The molecule has 7 heteroatoms. The van der Waals surface area contributed by atoms with Crippen LogP contribution >= 0.6 is 11.3 Å². The van der Waals surface area contributed by atoms with Crippen molar-refractivity contribution in [2.75, 3.05) is 0 Å². The van der Waals surface area contributed by atoms with Gasteiger partial charge in [0.1, 0.15) is 5.76 Å². The first-order valence-corrected chi connectivity index (χ1v) is 9.40. The number of hydrogen-bond acceptors (Lipinski definition) is 6. The van der Waals surface area contributed by atoms with Crippen LogP contribution in [0.4, 0.5) is 0 Å². The molecule has 2 heterocycles. The van der Waals surface area contributed by atoms with Crippen LogP contribution in [0.25, 0.3) is 5.69 Å². The third-order valence-corrected chi connectivity index (χ3v) is 4.84. The number of benzene rings is 2. The fourth-order valence-corrected chi connectivity index (χ4v) is 3.33. The maximum absolute atomic E-state index is 12.9. The molecule has 0 aliphatic carbocycles. The van der Waals surface area contributed by atoms with Crippen LogP contribution in [0.15, 0.2) is 87.6 Å². The number of carbonyl (C=O) groups is 1. The van der Waals surface area contributed by atoms with Gasteiger partial charge in [-0.15, -0.1) is 5.10 Å². The van der Waals surface area contributed by atoms with Crippen LogP contribution < -0.4 is 4.80 Å². The van der Waals surface area contributed by atoms with E-state index >= 15 is 0 Å². The van der Waals surface area contributed by atoms with Gasteiger partial charge in [0.15, 0.2) is 5.01 Å². The fraction of sp³-hybridized carbons (Fsp3) is 0.0476. The Morgan fingerprint density at radius 2 is 1.86 bits per heavy atom. The minimum atomic E-state index is -0.147. The highest BCUT2D eigenvalue weighted by Crippen LogP contribution is 2.13. The second kappa shape index (κ2) is 7.98. The maximum atomic E-state index is 12.9. The molecule has 2 aromatic heterocycles. The van der Waals surface area contributed by atoms with Crippen LogP contribution in [0.2, 0.25) is 0 Å². The second-order valence-corrected chi connectivity index (χ2v) is 6.95. The number of nitrogens with zero attached hydrogens (tertiary/aromatic N) is 4. The summed E-state index contributed by atoms with van der Waals surface area (Å²) in [6, 6.07) is 20.5. The molecule has 0 radical (unpaired) electrons. The summed E-state index contributed by atoms with van der Waals surface area (Å²) in [6.45, 7) is 1.98. The first kappa shape index (κ1) is 17.8. The monoisotopic (exact) mass is 388 g/mol. The SMILES string of the molecule is Cc1ccc(C(=O)c2nn(-c3ccccc3)c(=NN=Cc3ccco3)s2)cc1. The summed E-state index contributed by atoms with van der Waals surface area (Å²) in [5.41, 5.74) is 2.48. The van der Waals surface area contributed by atoms with E-state index in [0.717, 1.165) is 11.3 Å². The van der Waals surface area contributed by atoms with Gasteiger partial charge in [-0.1, -0.05) is 59.4 Å². The van der Waals surface area contributed by atoms with E-state index in [1.54, 1.807) is 35.2 Å². The summed E-state index contributed by atoms with van der Waals surface area (Å²) in [6.07, 6.45) is 3.08. The number of para-hydroxylation sites is 1. The average molecular weight is 388 g/mol. The molecule has 0 aliphatic heterocycles. The summed E-state index contributed by atoms with van der Waals surface area (Å²) in [5, 5.41) is 13.2. The predicted octanol–water partition coefficient (Wildman–Crippen LogP) is 4.00. The number of aromatic nitrogens is 2. The lowest BCUT2D eigenvalue weighted by Crippen LogP contribution is -2.14. The average Bonchev–Trinajstić information content (AvgIpc) is 3.39. The summed E-state index contributed by atoms with van der Waals surface area (Å²) >= 11 is 1.19. The molecule has 0 N–H and O–H groups in total. The number of hydrogen-bond donors (Lipinski definition) is 0. The Bertz CT molecular complexity index is 1170. The second-order valence-electron chi connectivity index (χ2n) is 5.99. The number of ketones is 1. The topological polar surface area (TPSA) is 72.8 Å². The smallest absolute Gasteiger partial charge is 0.233 e. The van der Waals surface area contributed by atoms with Gasteiger partial charge in [-0.05, 0) is 31.2 Å². The summed E-state index contributed by atoms with van der Waals surface area (Å²) in [7, 11) is 0. The lowest BCUT2D eigenvalue weighted by molar-refractivity contribution is 0.103. The van der Waals surface area contributed by atoms with Crippen molar-refractivity contribution in [1.29, 1.82) is 0 Å². The van der Waals surface area contributed by atoms with Crippen molar-refractivity contribution in [1.82, 2.24) is 9.78 Å². The van der Waals surface area contributed by atoms with Gasteiger partial charge in [-0.3, -0.25) is 4.79 Å². The lowest BCUT2D eigenvalue weighted by atomic mass is 10.1. The van der Waals surface area contributed by atoms with Gasteiger partial charge in [-0.2, -0.15) is 10.2 Å². The molecule has 0 unspecified atom stereocenters. The van der Waals surface area contributed by atoms with E-state index in [-0.39, 0.29) is 5.78 Å². The quantitative estimate of drug-likeness (QED) is 0.295. The van der Waals surface area contributed by atoms with Gasteiger partial charge < -0.3 is 4.42 Å². The Morgan fingerprint density at radius 1 is 1.07 bits per heavy atom. The van der Waals surface area contributed by atoms with Gasteiger partial charge in [0, 0.05) is 5.56 Å². The molecular weight excluding hydrogens is 372 g/mol. The third-order valence-electron chi connectivity index (χ3n) is 3.94. The van der Waals surface area contributed by atoms with Crippen molar-refractivity contribution in [3.8, 4) is 5.69 Å². The van der Waals surface area contributed by atoms with Crippen LogP contribution in [0.3, 0.4) is 0 Å². The minimum absolute atomic E-state index is 0.147. The van der Waals surface area contributed by atoms with Crippen molar-refractivity contribution in [2.45, 2.75) is 6.92 Å². The highest BCUT2D eigenvalue weighted by molar-refractivity contribution is 7.11. The lowest BCUT2D eigenvalue weighted by Gasteiger charge is -2.00. The Morgan fingerprint density at radius 3 is 2.57 bits per heavy atom. The van der Waals surface area contributed by atoms with Crippen molar-refractivity contribution >= 4 is 23.3 Å². The van der Waals surface area contributed by atoms with E-state index in [1.807, 2.05) is 49.4 Å². The molecule has 4 rings (SSSR count). The molecule has 2 aromatic carbocycles. The van der Waals surface area contributed by atoms with Crippen LogP contribution in [0, 0.1) is 6.92 Å². The van der Waals surface area contributed by atoms with Crippen molar-refractivity contribution in [3.63, 3.8) is 0 Å². The van der Waals surface area contributed by atoms with Crippen molar-refractivity contribution in [3.05, 3.63) is 99.7 Å². The zero-order valence-electron chi connectivity index (χ0n) is 15.0. The molecule has 138 valence electrons. The Kier molecular flexibility index (Phi) is 5.07. The fourth-order valence-electron chi connectivity index (χ4n) is 2.50. The summed E-state index contributed by atoms with van der Waals surface area (Å²) in [4.78, 5) is 13.3. The molecule has 0 saturated carbocycles. The zero-order chi connectivity index (χ0) is 19.3. The van der Waals surface area contributed by atoms with Gasteiger partial charge in [0.05, 0.1) is 18.2 Å². The van der Waals surface area contributed by atoms with Crippen LogP contribution in [-0.4, -0.2) is 21.8 Å². The molecular formula is C21H16N4O2S. The highest BCUT2D eigenvalue weighted by Gasteiger charge is 2.16. The molecule has 0 atom stereocenters. The van der Waals surface area contributed by atoms with Gasteiger partial charge in [0.25, 0.3) is 0 Å². The van der Waals surface area contributed by atoms with E-state index < -0.39 is 0 Å². The number of carbonyl (C=O) groups excluding carboxylic acids is 1. The Hall–Kier alpha value is -3.58. The van der Waals surface area contributed by atoms with E-state index in [1.165, 1.54) is 17.6 Å². The normalized spacial score (nSPS) is 12.0. The summed E-state index contributed by atoms with van der Waals surface area (Å²) in [5.74, 6) is 0.446. The first-order valence-electron chi connectivity index (χ1n) is 8.58. The van der Waals surface area contributed by atoms with Crippen LogP contribution in [0.1, 0.15) is 26.7 Å². The predicted molar refractivity (Wildman–Crippen MR) is 108 cm³/mol. The van der Waals surface area contributed by atoms with Gasteiger partial charge in [-0.25, -0.2) is 4.68 Å². The molecule has 0 amide bonds. The van der Waals surface area contributed by atoms with Gasteiger partial charge >= 0.3 is 0 Å². The summed E-state index contributed by atoms with van der Waals surface area (Å²) < 4.78 is 6.83. The molecule has 0 saturated heterocycles. The van der Waals surface area contributed by atoms with E-state index in [2.05, 4.69) is 15.3 Å². The molecule has 0 fully saturated rings. The molecule has 4 aromatic rings. The molecule has 0 aliphatic rings. The van der Waals surface area contributed by atoms with Crippen molar-refractivity contribution in [2.24, 2.45) is 10.2 Å². The zero-order valence-corrected chi connectivity index (χ0v) is 15.8. The number of furan rings is 1. The minimum Gasteiger partial charge on any atom is -0.463 e. The Labute approximate surface area is 165 Å². The highest BCUT2D eigenvalue weighted by atomic mass is 32.1. The van der Waals surface area contributed by atoms with E-state index in [4.69, 9.17) is 4.42 Å². The van der Waals surface area contributed by atoms with Crippen LogP contribution in [-0.2, 0) is 0 Å². The van der Waals surface area contributed by atoms with Crippen LogP contribution in [0.5, 0.6) is 0 Å². The van der Waals surface area contributed by atoms with Gasteiger partial charge in [0.2, 0.25) is 10.6 Å². The number of rotatable bonds is 5. The molecule has 28 heavy (non-hydrogen) atoms. The third kappa shape index (κ3) is 3.89. The standard InChI is InChI=1S/C21H16N4O2S/c1-15-9-11-16(12-10-15)19(26)20-24-25(17-6-3-2-4-7-17)21(28-20)23-22-14-18-8-5-13-27-18/h2-14H,1H3. The molecule has 0 spiro atoms. The Balaban J connectivity index is 1.75. The van der Waals surface area contributed by atoms with E-state index in [9.17, 15) is 4.79 Å². The van der Waals surface area contributed by atoms with Crippen molar-refractivity contribution < 1.29 is 9.21 Å². The molecule has 0 bridgehead atoms. The largest absolute Gasteiger partial charge is 0.463 e. The number of aryl methyl sites for hydroxylation is 1.